The van der Waals surface area contributed by atoms with Gasteiger partial charge in [0, 0.05) is 29.1 Å². The van der Waals surface area contributed by atoms with E-state index in [0.717, 1.165) is 57.8 Å². The highest BCUT2D eigenvalue weighted by Crippen LogP contribution is 3.40. The van der Waals surface area contributed by atoms with Gasteiger partial charge in [-0.3, -0.25) is 9.78 Å². The average molecular weight is 1790 g/mol. The molecule has 0 bridgehead atoms. The van der Waals surface area contributed by atoms with Crippen LogP contribution in [0, 0.1) is 23.3 Å². The summed E-state index contributed by atoms with van der Waals surface area (Å²) in [7, 11) is 60.4. The van der Waals surface area contributed by atoms with E-state index in [-0.39, 0.29) is 146 Å². The summed E-state index contributed by atoms with van der Waals surface area (Å²) in [6.45, 7) is -0.621. The van der Waals surface area contributed by atoms with E-state index in [2.05, 4.69) is 191 Å². The Hall–Kier alpha value is 11.2. The summed E-state index contributed by atoms with van der Waals surface area (Å²) in [4.78, 5) is 17.8. The molecule has 0 saturated heterocycles. The number of alkyl halides is 4. The van der Waals surface area contributed by atoms with Crippen LogP contribution < -0.4 is 10.2 Å². The highest BCUT2D eigenvalue weighted by molar-refractivity contribution is 9.46. The van der Waals surface area contributed by atoms with E-state index >= 15 is 0 Å². The zero-order valence-electron chi connectivity index (χ0n) is 39.1. The van der Waals surface area contributed by atoms with Crippen LogP contribution in [0.1, 0.15) is 34.3 Å². The lowest BCUT2D eigenvalue weighted by molar-refractivity contribution is 0.111. The number of hydrogen-bond acceptors (Lipinski definition) is 6. The number of carbonyl (C=O) groups excluding carboxylic acids is 1. The summed E-state index contributed by atoms with van der Waals surface area (Å²) >= 11 is 3.04. The maximum Gasteiger partial charge on any atom is 0.488 e. The first-order chi connectivity index (χ1) is 35.7. The van der Waals surface area contributed by atoms with Crippen LogP contribution in [0.4, 0.5) is 35.1 Å². The number of pyridine rings is 2. The number of aromatic nitrogens is 2. The third kappa shape index (κ3) is 30.0. The molecule has 0 saturated carbocycles. The third-order valence-electron chi connectivity index (χ3n) is 7.99. The molecule has 2 heterocycles. The van der Waals surface area contributed by atoms with Gasteiger partial charge in [0.1, 0.15) is 16.2 Å². The molecule has 2 N–H and O–H groups in total. The number of hydrogen-bond donors (Lipinski definition) is 2. The Morgan fingerprint density at radius 3 is 1.18 bits per heavy atom. The largest absolute Gasteiger partial charge is 0.491 e. The molecule has 2 aromatic heterocycles. The Morgan fingerprint density at radius 1 is 0.558 bits per heavy atom. The van der Waals surface area contributed by atoms with Crippen LogP contribution in [0.2, 0.25) is 0 Å². The highest BCUT2D eigenvalue weighted by Gasteiger charge is 2.53. The van der Waals surface area contributed by atoms with Crippen molar-refractivity contribution in [3.63, 3.8) is 0 Å². The molecule has 0 radical (unpaired) electrons. The molecule has 22 unspecified atom stereocenters. The molecule has 2 aromatic carbocycles. The molecule has 6 nitrogen and oxygen atoms in total. The van der Waals surface area contributed by atoms with Crippen LogP contribution in [-0.4, -0.2) is 40.5 Å². The number of rotatable bonds is 22. The summed E-state index contributed by atoms with van der Waals surface area (Å²) < 4.78 is 106. The van der Waals surface area contributed by atoms with E-state index in [1.807, 2.05) is 0 Å². The Kier molecular flexibility index (Phi) is 51.0. The molecule has 0 amide bonds. The topological polar surface area (TPSA) is 92.5 Å². The van der Waals surface area contributed by atoms with Gasteiger partial charge in [0.2, 0.25) is 0 Å². The fourth-order valence-corrected chi connectivity index (χ4v) is 475. The normalized spacial score (nSPS) is 13.4. The predicted molar refractivity (Wildman–Crippen MR) is 433 cm³/mol. The van der Waals surface area contributed by atoms with E-state index in [4.69, 9.17) is 10.0 Å². The first kappa shape index (κ1) is 86.2. The minimum Gasteiger partial charge on any atom is -0.491 e. The van der Waals surface area contributed by atoms with Crippen molar-refractivity contribution in [3.8, 4) is 17.0 Å². The molecule has 51 heteroatoms. The number of aldehydes is 1. The first-order valence-electron chi connectivity index (χ1n) is 19.2. The smallest absolute Gasteiger partial charge is 0.488 e. The molecule has 0 aliphatic heterocycles. The van der Waals surface area contributed by atoms with Gasteiger partial charge in [0.25, 0.3) is 12.9 Å². The van der Waals surface area contributed by atoms with E-state index in [9.17, 15) is 39.9 Å². The lowest BCUT2D eigenvalue weighted by Gasteiger charge is -2.54. The predicted octanol–water partition coefficient (Wildman–Crippen LogP) is 26.4. The molecule has 4 aromatic rings. The van der Waals surface area contributed by atoms with E-state index < -0.39 is 54.6 Å². The van der Waals surface area contributed by atoms with Crippen molar-refractivity contribution in [1.82, 2.24) is 9.97 Å². The number of carbonyl (C=O) groups is 1. The fraction of sp³-hybridized carbons (Fsp3) is 0.115. The van der Waals surface area contributed by atoms with Crippen LogP contribution in [-0.2, 0) is 0 Å². The van der Waals surface area contributed by atoms with E-state index in [0.29, 0.717) is 4.60 Å². The van der Waals surface area contributed by atoms with Crippen LogP contribution >= 0.6 is 296 Å². The molecule has 434 valence electrons. The minimum absolute atomic E-state index is 0.000784. The SMILES string of the molecule is COc1c(F)cc(B(O)O)cc1F.FC(F)c1ccc(Br)nc1.O=Cc1c(F)cc(-c2ccc(C(F)F)cn2)cc1F.PPP(P)P(P(P(P)P)P(P)P)P(P(P(P)P)P(P)P)P(P(P(P)P)P(P)P)P(P(P)P)P(P)P. The minimum atomic E-state index is -2.66. The number of ether oxygens (including phenoxy) is 1. The second-order valence-corrected chi connectivity index (χ2v) is 154. The van der Waals surface area contributed by atoms with Gasteiger partial charge >= 0.3 is 7.12 Å². The average Bonchev–Trinajstić information content (AvgIpc) is 3.31. The Balaban J connectivity index is 0.000000580. The van der Waals surface area contributed by atoms with Crippen molar-refractivity contribution in [2.75, 3.05) is 7.11 Å². The molecular weight excluding hydrogens is 1730 g/mol. The maximum absolute atomic E-state index is 13.4. The van der Waals surface area contributed by atoms with Gasteiger partial charge in [-0.15, -0.1) is 161 Å². The van der Waals surface area contributed by atoms with Gasteiger partial charge < -0.3 is 14.8 Å². The van der Waals surface area contributed by atoms with Gasteiger partial charge in [-0.2, -0.15) is 0 Å². The maximum atomic E-state index is 13.4. The lowest BCUT2D eigenvalue weighted by Crippen LogP contribution is -2.30. The number of nitrogens with zero attached hydrogens (tertiary/aromatic N) is 2. The van der Waals surface area contributed by atoms with Gasteiger partial charge in [-0.1, -0.05) is 7.96 Å². The monoisotopic (exact) mass is 1790 g/mol. The Bertz CT molecular complexity index is 2280. The summed E-state index contributed by atoms with van der Waals surface area (Å²) in [5.41, 5.74) is -1.05. The third-order valence-corrected chi connectivity index (χ3v) is 243. The molecule has 0 aliphatic rings. The van der Waals surface area contributed by atoms with Crippen molar-refractivity contribution in [2.24, 2.45) is 0 Å². The van der Waals surface area contributed by atoms with Crippen molar-refractivity contribution in [3.05, 3.63) is 105 Å². The zero-order chi connectivity index (χ0) is 59.5. The second-order valence-electron chi connectivity index (χ2n) is 13.2. The van der Waals surface area contributed by atoms with Crippen LogP contribution in [0.25, 0.3) is 11.3 Å². The van der Waals surface area contributed by atoms with Crippen LogP contribution in [0.15, 0.2) is 65.5 Å². The standard InChI is InChI=1S/C13H7F4NO.C7H7BF2O3.C6H4BrF2N.H37P35/c14-10-3-8(4-11(15)9(10)6-19)12-2-1-7(5-18-12)13(16)17;1-13-7-5(9)2-4(8(11)12)3-6(7)10;7-5-2-1-4(3-10-5)6(8)9;1-19-28(18)33(29(20(2)3)21(4)5)35(32(26(14)15)27(16)17)34(30(22(6)7)23(8)9)31(24(10)11)25(12)13/h1-6,13H;2-3,11-12H,1H3;1-3,6H;19H,1-18H2. The molecule has 77 heavy (non-hydrogen) atoms. The zero-order valence-corrected chi connectivity index (χ0v) is 76.8. The Morgan fingerprint density at radius 2 is 0.909 bits per heavy atom. The van der Waals surface area contributed by atoms with E-state index in [1.165, 1.54) is 18.2 Å². The second kappa shape index (κ2) is 45.6. The van der Waals surface area contributed by atoms with E-state index in [1.54, 1.807) is 0 Å². The van der Waals surface area contributed by atoms with Crippen molar-refractivity contribution >= 4 is 315 Å². The summed E-state index contributed by atoms with van der Waals surface area (Å²) in [6.07, 6.45) is -2.94. The molecule has 4 rings (SSSR count). The molecule has 0 fully saturated rings. The highest BCUT2D eigenvalue weighted by atomic mass is 79.9. The molecule has 22 atom stereocenters. The fourth-order valence-electron chi connectivity index (χ4n) is 4.93. The lowest BCUT2D eigenvalue weighted by atomic mass is 9.80. The van der Waals surface area contributed by atoms with Gasteiger partial charge in [0.15, 0.2) is 23.7 Å². The van der Waals surface area contributed by atoms with Crippen LogP contribution in [0.3, 0.4) is 0 Å². The summed E-state index contributed by atoms with van der Waals surface area (Å²) in [5, 5.41) is 17.2. The number of methoxy groups -OCH3 is 1. The summed E-state index contributed by atoms with van der Waals surface area (Å²) in [6, 6.07) is 8.63. The van der Waals surface area contributed by atoms with Crippen LogP contribution in [0.5, 0.6) is 5.75 Å². The number of halogens is 9. The Labute approximate surface area is 517 Å². The molecule has 0 aliphatic carbocycles. The molecule has 0 spiro atoms. The summed E-state index contributed by atoms with van der Waals surface area (Å²) in [5.74, 6) is -4.52. The van der Waals surface area contributed by atoms with Gasteiger partial charge in [-0.05, 0) is 182 Å². The van der Waals surface area contributed by atoms with Crippen molar-refractivity contribution in [1.29, 1.82) is 0 Å². The quantitative estimate of drug-likeness (QED) is 0.0268. The van der Waals surface area contributed by atoms with Gasteiger partial charge in [0.05, 0.1) is 18.4 Å². The number of benzene rings is 2. The first-order valence-corrected chi connectivity index (χ1v) is 83.2. The van der Waals surface area contributed by atoms with Gasteiger partial charge in [-0.25, -0.2) is 40.1 Å². The molecular formula is C26H55BBrF8N2O4P35. The van der Waals surface area contributed by atoms with Crippen molar-refractivity contribution < 1.29 is 54.7 Å². The van der Waals surface area contributed by atoms with Crippen molar-refractivity contribution in [2.45, 2.75) is 12.9 Å².